The summed E-state index contributed by atoms with van der Waals surface area (Å²) in [6.45, 7) is 9.51. The van der Waals surface area contributed by atoms with Crippen molar-refractivity contribution in [3.63, 3.8) is 0 Å². The molecule has 47 heavy (non-hydrogen) atoms. The summed E-state index contributed by atoms with van der Waals surface area (Å²) in [5.74, 6) is 0.362. The molecular weight excluding hydrogens is 613 g/mol. The van der Waals surface area contributed by atoms with Gasteiger partial charge in [-0.2, -0.15) is 0 Å². The minimum absolute atomic E-state index is 0.0870. The summed E-state index contributed by atoms with van der Waals surface area (Å²) in [5, 5.41) is 20.5. The van der Waals surface area contributed by atoms with Crippen LogP contribution in [0.5, 0.6) is 0 Å². The molecule has 2 aromatic carbocycles. The highest BCUT2D eigenvalue weighted by Crippen LogP contribution is 2.22. The Balaban J connectivity index is 1.42. The second-order valence-corrected chi connectivity index (χ2v) is 13.9. The molecular formula is C36H52N6O4S. The summed E-state index contributed by atoms with van der Waals surface area (Å²) in [7, 11) is 1.83. The number of amides is 3. The van der Waals surface area contributed by atoms with Crippen molar-refractivity contribution in [2.75, 3.05) is 46.4 Å². The molecule has 1 fully saturated rings. The molecule has 3 atom stereocenters. The number of hydrogen-bond donors (Lipinski definition) is 4. The number of nitrogens with zero attached hydrogens (tertiary/aromatic N) is 3. The van der Waals surface area contributed by atoms with E-state index < -0.39 is 6.09 Å². The van der Waals surface area contributed by atoms with Gasteiger partial charge in [0.25, 0.3) is 0 Å². The van der Waals surface area contributed by atoms with E-state index in [1.807, 2.05) is 61.8 Å². The number of thiazole rings is 1. The highest BCUT2D eigenvalue weighted by molar-refractivity contribution is 7.11. The Morgan fingerprint density at radius 3 is 2.13 bits per heavy atom. The molecule has 0 spiro atoms. The number of carbonyl (C=O) groups is 2. The Hall–Kier alpha value is -3.51. The van der Waals surface area contributed by atoms with Crippen molar-refractivity contribution >= 4 is 23.5 Å². The van der Waals surface area contributed by atoms with Gasteiger partial charge in [0.05, 0.1) is 24.8 Å². The summed E-state index contributed by atoms with van der Waals surface area (Å²) in [6, 6.07) is 20.1. The number of carbonyl (C=O) groups excluding carboxylic acids is 1. The van der Waals surface area contributed by atoms with Crippen molar-refractivity contribution in [3.8, 4) is 0 Å². The number of hydrogen-bond acceptors (Lipinski definition) is 7. The first-order valence-corrected chi connectivity index (χ1v) is 17.6. The zero-order valence-corrected chi connectivity index (χ0v) is 28.9. The predicted octanol–water partition coefficient (Wildman–Crippen LogP) is 5.36. The van der Waals surface area contributed by atoms with Gasteiger partial charge in [0.1, 0.15) is 0 Å². The second kappa shape index (κ2) is 19.3. The van der Waals surface area contributed by atoms with Crippen LogP contribution in [0.15, 0.2) is 66.9 Å². The van der Waals surface area contributed by atoms with E-state index in [-0.39, 0.29) is 24.2 Å². The molecule has 0 unspecified atom stereocenters. The fraction of sp³-hybridized carbons (Fsp3) is 0.528. The summed E-state index contributed by atoms with van der Waals surface area (Å²) >= 11 is 1.66. The lowest BCUT2D eigenvalue weighted by Gasteiger charge is -2.30. The van der Waals surface area contributed by atoms with Crippen LogP contribution in [-0.2, 0) is 24.1 Å². The number of rotatable bonds is 18. The largest absolute Gasteiger partial charge is 0.465 e. The third-order valence-corrected chi connectivity index (χ3v) is 9.81. The maximum Gasteiger partial charge on any atom is 0.404 e. The number of nitrogens with one attached hydrogen (secondary N) is 3. The minimum Gasteiger partial charge on any atom is -0.465 e. The number of ether oxygens (including phenoxy) is 1. The monoisotopic (exact) mass is 664 g/mol. The molecule has 11 heteroatoms. The fourth-order valence-corrected chi connectivity index (χ4v) is 6.80. The van der Waals surface area contributed by atoms with E-state index in [2.05, 4.69) is 51.8 Å². The molecule has 10 nitrogen and oxygen atoms in total. The molecule has 0 bridgehead atoms. The lowest BCUT2D eigenvalue weighted by atomic mass is 9.96. The number of benzene rings is 2. The van der Waals surface area contributed by atoms with Crippen molar-refractivity contribution in [1.29, 1.82) is 0 Å². The highest BCUT2D eigenvalue weighted by Gasteiger charge is 2.22. The maximum atomic E-state index is 13.5. The van der Waals surface area contributed by atoms with Gasteiger partial charge < -0.3 is 30.7 Å². The van der Waals surface area contributed by atoms with E-state index in [1.54, 1.807) is 16.2 Å². The molecule has 4 rings (SSSR count). The van der Waals surface area contributed by atoms with Crippen LogP contribution in [-0.4, -0.2) is 96.6 Å². The molecule has 4 N–H and O–H groups in total. The Morgan fingerprint density at radius 1 is 0.915 bits per heavy atom. The fourth-order valence-electron chi connectivity index (χ4n) is 5.83. The third kappa shape index (κ3) is 13.3. The maximum absolute atomic E-state index is 13.5. The lowest BCUT2D eigenvalue weighted by molar-refractivity contribution is 0.0362. The predicted molar refractivity (Wildman–Crippen MR) is 188 cm³/mol. The third-order valence-electron chi connectivity index (χ3n) is 8.52. The quantitative estimate of drug-likeness (QED) is 0.145. The Labute approximate surface area is 283 Å². The van der Waals surface area contributed by atoms with Crippen molar-refractivity contribution < 1.29 is 19.4 Å². The first-order valence-electron chi connectivity index (χ1n) is 16.8. The van der Waals surface area contributed by atoms with Crippen LogP contribution in [0, 0.1) is 0 Å². The second-order valence-electron chi connectivity index (χ2n) is 12.8. The Bertz CT molecular complexity index is 1340. The van der Waals surface area contributed by atoms with Gasteiger partial charge in [-0.05, 0) is 43.2 Å². The minimum atomic E-state index is -1.01. The van der Waals surface area contributed by atoms with Gasteiger partial charge in [-0.25, -0.2) is 14.6 Å². The summed E-state index contributed by atoms with van der Waals surface area (Å²) in [4.78, 5) is 34.8. The standard InChI is InChI=1S/C36H52N6O4S/c1-27(2)34-38-25-33(47-34)26-41(3)35(43)39-32(16-17-42-18-20-46-21-19-42)24-37-30(22-28-10-6-4-7-11-28)14-15-31(40-36(44)45)23-29-12-8-5-9-13-29/h4-13,25,27,30-32,37,40H,14-24,26H2,1-3H3,(H,39,43)(H,44,45)/t30-,31-,32-/m1/s1. The summed E-state index contributed by atoms with van der Waals surface area (Å²) in [6.07, 6.45) is 4.58. The normalized spacial score (nSPS) is 15.6. The van der Waals surface area contributed by atoms with Gasteiger partial charge in [0.2, 0.25) is 0 Å². The number of carboxylic acid groups (broad SMARTS) is 1. The van der Waals surface area contributed by atoms with Crippen molar-refractivity contribution in [2.24, 2.45) is 0 Å². The highest BCUT2D eigenvalue weighted by atomic mass is 32.1. The van der Waals surface area contributed by atoms with Gasteiger partial charge in [0, 0.05) is 68.3 Å². The van der Waals surface area contributed by atoms with Crippen molar-refractivity contribution in [3.05, 3.63) is 87.9 Å². The van der Waals surface area contributed by atoms with E-state index in [0.29, 0.717) is 31.8 Å². The molecule has 0 saturated carbocycles. The Morgan fingerprint density at radius 2 is 1.53 bits per heavy atom. The molecule has 1 saturated heterocycles. The van der Waals surface area contributed by atoms with E-state index >= 15 is 0 Å². The zero-order valence-electron chi connectivity index (χ0n) is 28.1. The molecule has 256 valence electrons. The SMILES string of the molecule is CC(C)c1ncc(CN(C)C(=O)N[C@H](CCN2CCOCC2)CN[C@H](CC[C@H](Cc2ccccc2)NC(=O)O)Cc2ccccc2)s1. The van der Waals surface area contributed by atoms with Gasteiger partial charge in [-0.1, -0.05) is 74.5 Å². The van der Waals surface area contributed by atoms with Crippen LogP contribution >= 0.6 is 11.3 Å². The number of morpholine rings is 1. The first-order chi connectivity index (χ1) is 22.7. The van der Waals surface area contributed by atoms with Gasteiger partial charge in [0.15, 0.2) is 0 Å². The smallest absolute Gasteiger partial charge is 0.404 e. The van der Waals surface area contributed by atoms with Crippen molar-refractivity contribution in [1.82, 2.24) is 30.7 Å². The first kappa shape index (κ1) is 36.3. The van der Waals surface area contributed by atoms with E-state index in [4.69, 9.17) is 4.74 Å². The summed E-state index contributed by atoms with van der Waals surface area (Å²) < 4.78 is 5.54. The van der Waals surface area contributed by atoms with E-state index in [9.17, 15) is 14.7 Å². The van der Waals surface area contributed by atoms with Crippen LogP contribution in [0.1, 0.15) is 60.0 Å². The van der Waals surface area contributed by atoms with E-state index in [0.717, 1.165) is 67.6 Å². The summed E-state index contributed by atoms with van der Waals surface area (Å²) in [5.41, 5.74) is 2.32. The topological polar surface area (TPSA) is 119 Å². The molecule has 2 heterocycles. The molecule has 1 aliphatic rings. The van der Waals surface area contributed by atoms with Crippen LogP contribution in [0.4, 0.5) is 9.59 Å². The van der Waals surface area contributed by atoms with Crippen LogP contribution < -0.4 is 16.0 Å². The van der Waals surface area contributed by atoms with Crippen LogP contribution in [0.3, 0.4) is 0 Å². The zero-order chi connectivity index (χ0) is 33.4. The van der Waals surface area contributed by atoms with Gasteiger partial charge in [-0.15, -0.1) is 11.3 Å². The van der Waals surface area contributed by atoms with Gasteiger partial charge >= 0.3 is 12.1 Å². The average Bonchev–Trinajstić information content (AvgIpc) is 3.54. The number of urea groups is 1. The van der Waals surface area contributed by atoms with Crippen LogP contribution in [0.2, 0.25) is 0 Å². The van der Waals surface area contributed by atoms with Crippen molar-refractivity contribution in [2.45, 2.75) is 76.5 Å². The molecule has 1 aliphatic heterocycles. The average molecular weight is 665 g/mol. The molecule has 0 aliphatic carbocycles. The molecule has 0 radical (unpaired) electrons. The molecule has 3 aromatic rings. The van der Waals surface area contributed by atoms with E-state index in [1.165, 1.54) is 5.56 Å². The molecule has 3 amide bonds. The number of aromatic nitrogens is 1. The lowest BCUT2D eigenvalue weighted by Crippen LogP contribution is -2.50. The van der Waals surface area contributed by atoms with Gasteiger partial charge in [-0.3, -0.25) is 4.90 Å². The Kier molecular flexibility index (Phi) is 15.0. The van der Waals surface area contributed by atoms with Crippen LogP contribution in [0.25, 0.3) is 0 Å². The molecule has 1 aromatic heterocycles.